The SMILES string of the molecule is [2H]c1c([2H])c([2H])c(-c2ccc(N(c3ccccc3)c3ccc(Br)cc3)cc2)c([2H])c1[2H]. The third-order valence-electron chi connectivity index (χ3n) is 4.01. The van der Waals surface area contributed by atoms with Crippen LogP contribution < -0.4 is 4.90 Å². The topological polar surface area (TPSA) is 3.24 Å². The quantitative estimate of drug-likeness (QED) is 0.338. The van der Waals surface area contributed by atoms with Crippen molar-refractivity contribution < 1.29 is 6.85 Å². The highest BCUT2D eigenvalue weighted by Crippen LogP contribution is 2.35. The molecule has 2 heteroatoms. The molecule has 4 aromatic rings. The summed E-state index contributed by atoms with van der Waals surface area (Å²) < 4.78 is 41.0. The van der Waals surface area contributed by atoms with Gasteiger partial charge in [0.2, 0.25) is 0 Å². The molecule has 0 spiro atoms. The number of hydrogen-bond acceptors (Lipinski definition) is 1. The first-order chi connectivity index (χ1) is 14.9. The lowest BCUT2D eigenvalue weighted by Gasteiger charge is -2.25. The Morgan fingerprint density at radius 3 is 1.73 bits per heavy atom. The Balaban J connectivity index is 1.81. The zero-order chi connectivity index (χ0) is 22.1. The van der Waals surface area contributed by atoms with Gasteiger partial charge in [0.1, 0.15) is 0 Å². The maximum absolute atomic E-state index is 8.21. The van der Waals surface area contributed by atoms with Gasteiger partial charge in [-0.15, -0.1) is 0 Å². The third-order valence-corrected chi connectivity index (χ3v) is 4.54. The molecule has 0 saturated carbocycles. The van der Waals surface area contributed by atoms with Gasteiger partial charge in [0.25, 0.3) is 0 Å². The number of anilines is 3. The molecule has 0 fully saturated rings. The van der Waals surface area contributed by atoms with Gasteiger partial charge in [-0.3, -0.25) is 0 Å². The van der Waals surface area contributed by atoms with Crippen LogP contribution in [0.1, 0.15) is 6.85 Å². The second-order valence-corrected chi connectivity index (χ2v) is 6.61. The maximum atomic E-state index is 8.21. The summed E-state index contributed by atoms with van der Waals surface area (Å²) in [6, 6.07) is 23.8. The molecular weight excluding hydrogens is 382 g/mol. The number of hydrogen-bond donors (Lipinski definition) is 0. The summed E-state index contributed by atoms with van der Waals surface area (Å²) in [7, 11) is 0. The average molecular weight is 405 g/mol. The molecule has 0 heterocycles. The Labute approximate surface area is 169 Å². The summed E-state index contributed by atoms with van der Waals surface area (Å²) in [6.07, 6.45) is 0. The van der Waals surface area contributed by atoms with Crippen LogP contribution in [0.15, 0.2) is 114 Å². The van der Waals surface area contributed by atoms with E-state index in [9.17, 15) is 0 Å². The molecule has 0 aromatic heterocycles. The zero-order valence-corrected chi connectivity index (χ0v) is 15.4. The molecule has 0 aliphatic carbocycles. The van der Waals surface area contributed by atoms with E-state index in [0.717, 1.165) is 21.5 Å². The number of rotatable bonds is 4. The molecule has 4 rings (SSSR count). The van der Waals surface area contributed by atoms with Crippen LogP contribution in [-0.2, 0) is 0 Å². The number of nitrogens with zero attached hydrogens (tertiary/aromatic N) is 1. The predicted molar refractivity (Wildman–Crippen MR) is 114 cm³/mol. The molecule has 1 nitrogen and oxygen atoms in total. The van der Waals surface area contributed by atoms with E-state index < -0.39 is 0 Å². The van der Waals surface area contributed by atoms with Crippen molar-refractivity contribution in [1.29, 1.82) is 0 Å². The molecule has 0 radical (unpaired) electrons. The van der Waals surface area contributed by atoms with Crippen molar-refractivity contribution in [2.75, 3.05) is 4.90 Å². The largest absolute Gasteiger partial charge is 0.311 e. The highest BCUT2D eigenvalue weighted by molar-refractivity contribution is 9.10. The Morgan fingerprint density at radius 1 is 0.577 bits per heavy atom. The van der Waals surface area contributed by atoms with Crippen molar-refractivity contribution >= 4 is 33.0 Å². The molecule has 26 heavy (non-hydrogen) atoms. The molecule has 0 N–H and O–H groups in total. The van der Waals surface area contributed by atoms with Gasteiger partial charge in [-0.1, -0.05) is 76.5 Å². The lowest BCUT2D eigenvalue weighted by Crippen LogP contribution is -2.09. The van der Waals surface area contributed by atoms with Gasteiger partial charge in [-0.05, 0) is 59.7 Å². The zero-order valence-electron chi connectivity index (χ0n) is 18.8. The van der Waals surface area contributed by atoms with Crippen LogP contribution in [0.2, 0.25) is 0 Å². The van der Waals surface area contributed by atoms with Crippen LogP contribution in [0.3, 0.4) is 0 Å². The van der Waals surface area contributed by atoms with Crippen molar-refractivity contribution in [3.05, 3.63) is 114 Å². The van der Waals surface area contributed by atoms with E-state index in [1.165, 1.54) is 0 Å². The molecule has 4 aromatic carbocycles. The fourth-order valence-corrected chi connectivity index (χ4v) is 3.05. The highest BCUT2D eigenvalue weighted by atomic mass is 79.9. The summed E-state index contributed by atoms with van der Waals surface area (Å²) in [6.45, 7) is 0. The molecule has 0 bridgehead atoms. The summed E-state index contributed by atoms with van der Waals surface area (Å²) in [5.74, 6) is 0. The molecule has 0 saturated heterocycles. The van der Waals surface area contributed by atoms with E-state index >= 15 is 0 Å². The van der Waals surface area contributed by atoms with Crippen LogP contribution in [0, 0.1) is 0 Å². The third kappa shape index (κ3) is 3.56. The second-order valence-electron chi connectivity index (χ2n) is 5.69. The van der Waals surface area contributed by atoms with E-state index in [1.54, 1.807) is 12.1 Å². The van der Waals surface area contributed by atoms with Crippen LogP contribution in [0.4, 0.5) is 17.1 Å². The lowest BCUT2D eigenvalue weighted by molar-refractivity contribution is 1.28. The van der Waals surface area contributed by atoms with Gasteiger partial charge in [-0.25, -0.2) is 0 Å². The summed E-state index contributed by atoms with van der Waals surface area (Å²) in [5.41, 5.74) is 3.63. The summed E-state index contributed by atoms with van der Waals surface area (Å²) >= 11 is 3.47. The van der Waals surface area contributed by atoms with E-state index in [1.807, 2.05) is 66.7 Å². The highest BCUT2D eigenvalue weighted by Gasteiger charge is 2.12. The van der Waals surface area contributed by atoms with Gasteiger partial charge in [0.15, 0.2) is 0 Å². The molecule has 0 aliphatic heterocycles. The normalized spacial score (nSPS) is 13.2. The fraction of sp³-hybridized carbons (Fsp3) is 0. The first kappa shape index (κ1) is 11.7. The minimum absolute atomic E-state index is 0.201. The van der Waals surface area contributed by atoms with E-state index in [-0.39, 0.29) is 35.8 Å². The maximum Gasteiger partial charge on any atom is 0.0629 e. The first-order valence-corrected chi connectivity index (χ1v) is 8.96. The number of para-hydroxylation sites is 1. The standard InChI is InChI=1S/C24H18BrN/c25-21-13-17-24(18-14-21)26(22-9-5-2-6-10-22)23-15-11-20(12-16-23)19-7-3-1-4-8-19/h1-18H/i1D,3D,4D,7D,8D. The van der Waals surface area contributed by atoms with Crippen molar-refractivity contribution in [2.45, 2.75) is 0 Å². The van der Waals surface area contributed by atoms with E-state index in [2.05, 4.69) is 20.8 Å². The Hall–Kier alpha value is -2.84. The van der Waals surface area contributed by atoms with Crippen LogP contribution in [0.25, 0.3) is 11.1 Å². The second kappa shape index (κ2) is 7.59. The van der Waals surface area contributed by atoms with Crippen molar-refractivity contribution in [2.24, 2.45) is 0 Å². The van der Waals surface area contributed by atoms with Gasteiger partial charge < -0.3 is 4.90 Å². The Bertz CT molecular complexity index is 1200. The molecule has 0 amide bonds. The molecular formula is C24H18BrN. The Morgan fingerprint density at radius 2 is 1.12 bits per heavy atom. The van der Waals surface area contributed by atoms with Crippen molar-refractivity contribution in [3.8, 4) is 11.1 Å². The minimum Gasteiger partial charge on any atom is -0.311 e. The van der Waals surface area contributed by atoms with Crippen LogP contribution in [-0.4, -0.2) is 0 Å². The molecule has 0 aliphatic rings. The minimum atomic E-state index is -0.388. The van der Waals surface area contributed by atoms with Gasteiger partial charge >= 0.3 is 0 Å². The molecule has 126 valence electrons. The Kier molecular flexibility index (Phi) is 3.42. The number of halogens is 1. The lowest BCUT2D eigenvalue weighted by atomic mass is 10.0. The number of benzene rings is 4. The van der Waals surface area contributed by atoms with Crippen molar-refractivity contribution in [1.82, 2.24) is 0 Å². The van der Waals surface area contributed by atoms with E-state index in [4.69, 9.17) is 6.85 Å². The first-order valence-electron chi connectivity index (χ1n) is 10.7. The molecule has 0 unspecified atom stereocenters. The van der Waals surface area contributed by atoms with Gasteiger partial charge in [0.05, 0.1) is 6.85 Å². The van der Waals surface area contributed by atoms with E-state index in [0.29, 0.717) is 5.56 Å². The fourth-order valence-electron chi connectivity index (χ4n) is 2.79. The summed E-state index contributed by atoms with van der Waals surface area (Å²) in [5, 5.41) is 0. The monoisotopic (exact) mass is 404 g/mol. The average Bonchev–Trinajstić information content (AvgIpc) is 2.80. The molecule has 0 atom stereocenters. The van der Waals surface area contributed by atoms with Crippen LogP contribution in [0.5, 0.6) is 0 Å². The van der Waals surface area contributed by atoms with Gasteiger partial charge in [-0.2, -0.15) is 0 Å². The van der Waals surface area contributed by atoms with Crippen molar-refractivity contribution in [3.63, 3.8) is 0 Å². The smallest absolute Gasteiger partial charge is 0.0629 e. The van der Waals surface area contributed by atoms with Gasteiger partial charge in [0, 0.05) is 21.5 Å². The van der Waals surface area contributed by atoms with Crippen LogP contribution >= 0.6 is 15.9 Å². The summed E-state index contributed by atoms with van der Waals surface area (Å²) in [4.78, 5) is 2.10. The predicted octanol–water partition coefficient (Wildman–Crippen LogP) is 7.59.